The summed E-state index contributed by atoms with van der Waals surface area (Å²) in [6.07, 6.45) is 1.11. The molecule has 0 heterocycles. The highest BCUT2D eigenvalue weighted by Gasteiger charge is 1.80. The molecule has 0 aromatic heterocycles. The summed E-state index contributed by atoms with van der Waals surface area (Å²) >= 11 is 0. The Morgan fingerprint density at radius 2 is 1.80 bits per heavy atom. The zero-order valence-corrected chi connectivity index (χ0v) is 10.1. The van der Waals surface area contributed by atoms with Crippen molar-refractivity contribution in [2.45, 2.75) is 20.3 Å². The van der Waals surface area contributed by atoms with Crippen LogP contribution in [0.3, 0.4) is 0 Å². The van der Waals surface area contributed by atoms with Gasteiger partial charge in [-0.25, -0.2) is 0 Å². The van der Waals surface area contributed by atoms with Crippen LogP contribution >= 0.6 is 0 Å². The average molecular weight is 209 g/mol. The molecular formula is C13H23NO. The van der Waals surface area contributed by atoms with Gasteiger partial charge in [-0.3, -0.25) is 0 Å². The van der Waals surface area contributed by atoms with Gasteiger partial charge in [0.25, 0.3) is 0 Å². The molecule has 0 aliphatic rings. The zero-order valence-electron chi connectivity index (χ0n) is 10.1. The lowest BCUT2D eigenvalue weighted by Crippen LogP contribution is -2.14. The number of ether oxygens (including phenoxy) is 1. The quantitative estimate of drug-likeness (QED) is 0.753. The normalized spacial score (nSPS) is 9.27. The van der Waals surface area contributed by atoms with E-state index < -0.39 is 0 Å². The molecule has 0 radical (unpaired) electrons. The number of benzene rings is 1. The molecule has 1 aromatic rings. The first kappa shape index (κ1) is 14.1. The van der Waals surface area contributed by atoms with Crippen LogP contribution in [-0.4, -0.2) is 26.8 Å². The Balaban J connectivity index is 0.000000262. The molecule has 0 atom stereocenters. The van der Waals surface area contributed by atoms with E-state index in [4.69, 9.17) is 4.74 Å². The Bertz CT molecular complexity index is 205. The van der Waals surface area contributed by atoms with Crippen molar-refractivity contribution in [1.29, 1.82) is 0 Å². The van der Waals surface area contributed by atoms with Gasteiger partial charge in [-0.15, -0.1) is 0 Å². The first-order valence-electron chi connectivity index (χ1n) is 5.55. The molecule has 2 nitrogen and oxygen atoms in total. The number of aryl methyl sites for hydroxylation is 1. The summed E-state index contributed by atoms with van der Waals surface area (Å²) in [7, 11) is 1.93. The molecule has 0 saturated carbocycles. The number of likely N-dealkylation sites (N-methyl/N-ethyl adjacent to an activating group) is 1. The number of nitrogens with one attached hydrogen (secondary N) is 1. The third kappa shape index (κ3) is 11.1. The van der Waals surface area contributed by atoms with Crippen LogP contribution in [0.1, 0.15) is 18.9 Å². The van der Waals surface area contributed by atoms with Gasteiger partial charge in [-0.2, -0.15) is 0 Å². The lowest BCUT2D eigenvalue weighted by Gasteiger charge is -1.98. The van der Waals surface area contributed by atoms with E-state index >= 15 is 0 Å². The number of rotatable bonds is 5. The average Bonchev–Trinajstić information content (AvgIpc) is 2.27. The molecule has 0 aliphatic carbocycles. The lowest BCUT2D eigenvalue weighted by molar-refractivity contribution is 0.138. The van der Waals surface area contributed by atoms with Gasteiger partial charge in [0.1, 0.15) is 0 Å². The highest BCUT2D eigenvalue weighted by atomic mass is 16.5. The summed E-state index contributed by atoms with van der Waals surface area (Å²) in [4.78, 5) is 0. The van der Waals surface area contributed by atoms with Crippen molar-refractivity contribution in [2.24, 2.45) is 0 Å². The van der Waals surface area contributed by atoms with Crippen molar-refractivity contribution in [3.05, 3.63) is 35.9 Å². The van der Waals surface area contributed by atoms with E-state index in [2.05, 4.69) is 31.3 Å². The van der Waals surface area contributed by atoms with Crippen molar-refractivity contribution in [3.8, 4) is 0 Å². The van der Waals surface area contributed by atoms with Gasteiger partial charge in [0.2, 0.25) is 0 Å². The standard InChI is InChI=1S/C7H8.C6H15NO/c1-7-5-3-2-4-6-7;1-3-5-8-6-4-7-2/h2-6H,1H3;7H,3-6H2,1-2H3. The predicted octanol–water partition coefficient (Wildman–Crippen LogP) is 2.63. The van der Waals surface area contributed by atoms with Crippen LogP contribution in [0.25, 0.3) is 0 Å². The third-order valence-electron chi connectivity index (χ3n) is 1.79. The summed E-state index contributed by atoms with van der Waals surface area (Å²) in [5.74, 6) is 0. The third-order valence-corrected chi connectivity index (χ3v) is 1.79. The van der Waals surface area contributed by atoms with Crippen LogP contribution in [0.2, 0.25) is 0 Å². The summed E-state index contributed by atoms with van der Waals surface area (Å²) < 4.78 is 5.16. The Morgan fingerprint density at radius 1 is 1.13 bits per heavy atom. The second-order valence-corrected chi connectivity index (χ2v) is 3.37. The fourth-order valence-electron chi connectivity index (χ4n) is 0.955. The smallest absolute Gasteiger partial charge is 0.0590 e. The Kier molecular flexibility index (Phi) is 10.6. The van der Waals surface area contributed by atoms with Crippen molar-refractivity contribution < 1.29 is 4.74 Å². The second kappa shape index (κ2) is 11.2. The Hall–Kier alpha value is -0.860. The Morgan fingerprint density at radius 3 is 2.20 bits per heavy atom. The molecule has 0 aliphatic heterocycles. The first-order valence-corrected chi connectivity index (χ1v) is 5.55. The van der Waals surface area contributed by atoms with Crippen LogP contribution in [0.5, 0.6) is 0 Å². The number of hydrogen-bond acceptors (Lipinski definition) is 2. The van der Waals surface area contributed by atoms with E-state index in [9.17, 15) is 0 Å². The van der Waals surface area contributed by atoms with Crippen LogP contribution in [-0.2, 0) is 4.74 Å². The van der Waals surface area contributed by atoms with E-state index in [0.29, 0.717) is 0 Å². The zero-order chi connectivity index (χ0) is 11.4. The van der Waals surface area contributed by atoms with E-state index in [0.717, 1.165) is 26.2 Å². The van der Waals surface area contributed by atoms with Crippen LogP contribution in [0.15, 0.2) is 30.3 Å². The van der Waals surface area contributed by atoms with Gasteiger partial charge in [-0.1, -0.05) is 42.8 Å². The predicted molar refractivity (Wildman–Crippen MR) is 66.2 cm³/mol. The SMILES string of the molecule is CCCOCCNC.Cc1ccccc1. The largest absolute Gasteiger partial charge is 0.380 e. The molecule has 0 saturated heterocycles. The molecule has 1 N–H and O–H groups in total. The summed E-state index contributed by atoms with van der Waals surface area (Å²) in [6.45, 7) is 6.88. The van der Waals surface area contributed by atoms with Gasteiger partial charge >= 0.3 is 0 Å². The van der Waals surface area contributed by atoms with Gasteiger partial charge < -0.3 is 10.1 Å². The lowest BCUT2D eigenvalue weighted by atomic mass is 10.2. The minimum atomic E-state index is 0.838. The molecule has 15 heavy (non-hydrogen) atoms. The molecule has 0 unspecified atom stereocenters. The first-order chi connectivity index (χ1) is 7.31. The summed E-state index contributed by atoms with van der Waals surface area (Å²) in [6, 6.07) is 10.3. The molecular weight excluding hydrogens is 186 g/mol. The minimum Gasteiger partial charge on any atom is -0.380 e. The van der Waals surface area contributed by atoms with Gasteiger partial charge in [0.15, 0.2) is 0 Å². The van der Waals surface area contributed by atoms with Crippen LogP contribution < -0.4 is 5.32 Å². The molecule has 2 heteroatoms. The molecule has 1 rings (SSSR count). The van der Waals surface area contributed by atoms with Crippen molar-refractivity contribution in [1.82, 2.24) is 5.32 Å². The fourth-order valence-corrected chi connectivity index (χ4v) is 0.955. The van der Waals surface area contributed by atoms with E-state index in [1.54, 1.807) is 0 Å². The maximum atomic E-state index is 5.16. The molecule has 0 bridgehead atoms. The van der Waals surface area contributed by atoms with E-state index in [-0.39, 0.29) is 0 Å². The topological polar surface area (TPSA) is 21.3 Å². The molecule has 0 amide bonds. The summed E-state index contributed by atoms with van der Waals surface area (Å²) in [5.41, 5.74) is 1.32. The Labute approximate surface area is 93.7 Å². The maximum absolute atomic E-state index is 5.16. The highest BCUT2D eigenvalue weighted by Crippen LogP contribution is 1.92. The van der Waals surface area contributed by atoms with Crippen LogP contribution in [0.4, 0.5) is 0 Å². The van der Waals surface area contributed by atoms with Crippen LogP contribution in [0, 0.1) is 6.92 Å². The van der Waals surface area contributed by atoms with Crippen molar-refractivity contribution >= 4 is 0 Å². The number of hydrogen-bond donors (Lipinski definition) is 1. The summed E-state index contributed by atoms with van der Waals surface area (Å²) in [5, 5.41) is 3.00. The fraction of sp³-hybridized carbons (Fsp3) is 0.538. The molecule has 0 spiro atoms. The van der Waals surface area contributed by atoms with Gasteiger partial charge in [0.05, 0.1) is 6.61 Å². The highest BCUT2D eigenvalue weighted by molar-refractivity contribution is 5.11. The monoisotopic (exact) mass is 209 g/mol. The second-order valence-electron chi connectivity index (χ2n) is 3.37. The van der Waals surface area contributed by atoms with Crippen molar-refractivity contribution in [2.75, 3.05) is 26.8 Å². The van der Waals surface area contributed by atoms with E-state index in [1.807, 2.05) is 25.2 Å². The molecule has 86 valence electrons. The molecule has 0 fully saturated rings. The molecule has 1 aromatic carbocycles. The van der Waals surface area contributed by atoms with E-state index in [1.165, 1.54) is 5.56 Å². The van der Waals surface area contributed by atoms with Gasteiger partial charge in [0, 0.05) is 13.2 Å². The minimum absolute atomic E-state index is 0.838. The van der Waals surface area contributed by atoms with Gasteiger partial charge in [-0.05, 0) is 20.4 Å². The van der Waals surface area contributed by atoms with Crippen molar-refractivity contribution in [3.63, 3.8) is 0 Å². The maximum Gasteiger partial charge on any atom is 0.0590 e.